The molecular formula is C22H15ClO2. The number of ether oxygens (including phenoxy) is 1. The molecule has 0 aromatic heterocycles. The molecule has 0 amide bonds. The summed E-state index contributed by atoms with van der Waals surface area (Å²) in [5.74, 6) is 0.577. The first-order valence-corrected chi connectivity index (χ1v) is 8.43. The van der Waals surface area contributed by atoms with E-state index in [1.807, 2.05) is 78.9 Å². The molecule has 0 radical (unpaired) electrons. The molecule has 0 unspecified atom stereocenters. The van der Waals surface area contributed by atoms with Gasteiger partial charge in [-0.2, -0.15) is 0 Å². The summed E-state index contributed by atoms with van der Waals surface area (Å²) in [6.07, 6.45) is 1.37. The van der Waals surface area contributed by atoms with Gasteiger partial charge in [0.05, 0.1) is 5.56 Å². The molecule has 0 saturated carbocycles. The van der Waals surface area contributed by atoms with Gasteiger partial charge in [0.25, 0.3) is 0 Å². The first-order chi connectivity index (χ1) is 12.2. The number of ketones is 1. The van der Waals surface area contributed by atoms with Crippen molar-refractivity contribution in [2.24, 2.45) is 0 Å². The largest absolute Gasteiger partial charge is 0.480 e. The molecule has 3 heteroatoms. The highest BCUT2D eigenvalue weighted by Gasteiger charge is 2.32. The minimum Gasteiger partial charge on any atom is -0.480 e. The molecule has 3 aromatic rings. The second-order valence-corrected chi connectivity index (χ2v) is 6.26. The number of halogens is 1. The highest BCUT2D eigenvalue weighted by atomic mass is 35.5. The Hall–Kier alpha value is -2.84. The molecule has 0 N–H and O–H groups in total. The molecule has 122 valence electrons. The van der Waals surface area contributed by atoms with Crippen molar-refractivity contribution in [3.8, 4) is 5.75 Å². The molecule has 2 nitrogen and oxygen atoms in total. The number of para-hydroxylation sites is 1. The monoisotopic (exact) mass is 346 g/mol. The molecule has 0 aliphatic carbocycles. The Bertz CT molecular complexity index is 961. The minimum absolute atomic E-state index is 0.0318. The maximum absolute atomic E-state index is 13.1. The van der Waals surface area contributed by atoms with Crippen molar-refractivity contribution >= 4 is 23.5 Å². The van der Waals surface area contributed by atoms with Crippen molar-refractivity contribution in [1.29, 1.82) is 0 Å². The van der Waals surface area contributed by atoms with Gasteiger partial charge in [0.1, 0.15) is 5.75 Å². The van der Waals surface area contributed by atoms with E-state index >= 15 is 0 Å². The van der Waals surface area contributed by atoms with Crippen molar-refractivity contribution in [2.45, 2.75) is 6.10 Å². The molecule has 1 aliphatic rings. The van der Waals surface area contributed by atoms with Crippen LogP contribution in [0.4, 0.5) is 0 Å². The van der Waals surface area contributed by atoms with Crippen LogP contribution < -0.4 is 4.74 Å². The average Bonchev–Trinajstić information content (AvgIpc) is 2.66. The summed E-state index contributed by atoms with van der Waals surface area (Å²) in [5, 5.41) is 0.605. The third kappa shape index (κ3) is 2.97. The summed E-state index contributed by atoms with van der Waals surface area (Å²) >= 11 is 6.29. The highest BCUT2D eigenvalue weighted by molar-refractivity contribution is 6.32. The maximum atomic E-state index is 13.1. The number of rotatable bonds is 2. The summed E-state index contributed by atoms with van der Waals surface area (Å²) in [5.41, 5.74) is 2.89. The van der Waals surface area contributed by atoms with Crippen LogP contribution in [0.1, 0.15) is 27.6 Å². The van der Waals surface area contributed by atoms with Gasteiger partial charge in [-0.15, -0.1) is 0 Å². The van der Waals surface area contributed by atoms with E-state index < -0.39 is 6.10 Å². The fraction of sp³-hybridized carbons (Fsp3) is 0.0455. The molecule has 0 bridgehead atoms. The van der Waals surface area contributed by atoms with Gasteiger partial charge in [-0.25, -0.2) is 0 Å². The zero-order valence-corrected chi connectivity index (χ0v) is 14.1. The number of carbonyl (C=O) groups excluding carboxylic acids is 1. The molecule has 0 saturated heterocycles. The summed E-state index contributed by atoms with van der Waals surface area (Å²) in [6.45, 7) is 0. The number of hydrogen-bond donors (Lipinski definition) is 0. The lowest BCUT2D eigenvalue weighted by molar-refractivity contribution is 0.0963. The Morgan fingerprint density at radius 1 is 0.840 bits per heavy atom. The van der Waals surface area contributed by atoms with Gasteiger partial charge < -0.3 is 4.74 Å². The smallest absolute Gasteiger partial charge is 0.196 e. The lowest BCUT2D eigenvalue weighted by Crippen LogP contribution is -2.23. The summed E-state index contributed by atoms with van der Waals surface area (Å²) in [6, 6.07) is 24.6. The van der Waals surface area contributed by atoms with Crippen molar-refractivity contribution < 1.29 is 9.53 Å². The number of fused-ring (bicyclic) bond motifs is 1. The zero-order chi connectivity index (χ0) is 17.2. The van der Waals surface area contributed by atoms with E-state index in [2.05, 4.69) is 0 Å². The van der Waals surface area contributed by atoms with Gasteiger partial charge in [0.15, 0.2) is 11.9 Å². The predicted molar refractivity (Wildman–Crippen MR) is 100 cm³/mol. The average molecular weight is 347 g/mol. The van der Waals surface area contributed by atoms with E-state index in [-0.39, 0.29) is 5.78 Å². The van der Waals surface area contributed by atoms with Crippen LogP contribution in [0.15, 0.2) is 84.4 Å². The van der Waals surface area contributed by atoms with E-state index in [1.54, 1.807) is 6.07 Å². The highest BCUT2D eigenvalue weighted by Crippen LogP contribution is 2.39. The Balaban J connectivity index is 1.89. The number of Topliss-reactive ketones (excluding diaryl/α,β-unsaturated/α-hetero) is 1. The maximum Gasteiger partial charge on any atom is 0.196 e. The fourth-order valence-corrected chi connectivity index (χ4v) is 3.19. The fourth-order valence-electron chi connectivity index (χ4n) is 3.00. The Labute approximate surface area is 151 Å². The van der Waals surface area contributed by atoms with Crippen LogP contribution in [0.5, 0.6) is 5.75 Å². The second-order valence-electron chi connectivity index (χ2n) is 5.86. The standard InChI is InChI=1S/C22H15ClO2/c23-19-12-6-4-10-16(19)14-18-21(24)17-11-5-7-13-20(17)25-22(18)15-8-2-1-3-9-15/h1-14,22H/b18-14+/t22-/m1/s1. The lowest BCUT2D eigenvalue weighted by atomic mass is 9.89. The molecule has 0 fully saturated rings. The zero-order valence-electron chi connectivity index (χ0n) is 13.4. The van der Waals surface area contributed by atoms with Crippen molar-refractivity contribution in [3.05, 3.63) is 106 Å². The Kier molecular flexibility index (Phi) is 4.12. The van der Waals surface area contributed by atoms with E-state index in [4.69, 9.17) is 16.3 Å². The van der Waals surface area contributed by atoms with Gasteiger partial charge in [-0.1, -0.05) is 72.3 Å². The van der Waals surface area contributed by atoms with Crippen molar-refractivity contribution in [3.63, 3.8) is 0 Å². The van der Waals surface area contributed by atoms with Crippen LogP contribution in [-0.4, -0.2) is 5.78 Å². The van der Waals surface area contributed by atoms with Gasteiger partial charge in [0, 0.05) is 10.6 Å². The van der Waals surface area contributed by atoms with Gasteiger partial charge in [0.2, 0.25) is 0 Å². The number of benzene rings is 3. The quantitative estimate of drug-likeness (QED) is 0.553. The van der Waals surface area contributed by atoms with Gasteiger partial charge >= 0.3 is 0 Å². The number of carbonyl (C=O) groups is 1. The second kappa shape index (κ2) is 6.58. The Morgan fingerprint density at radius 2 is 1.52 bits per heavy atom. The van der Waals surface area contributed by atoms with Gasteiger partial charge in [-0.05, 0) is 35.4 Å². The van der Waals surface area contributed by atoms with Crippen molar-refractivity contribution in [2.75, 3.05) is 0 Å². The first-order valence-electron chi connectivity index (χ1n) is 8.05. The van der Waals surface area contributed by atoms with Crippen LogP contribution in [-0.2, 0) is 0 Å². The van der Waals surface area contributed by atoms with Crippen molar-refractivity contribution in [1.82, 2.24) is 0 Å². The van der Waals surface area contributed by atoms with Crippen LogP contribution in [0.2, 0.25) is 5.02 Å². The van der Waals surface area contributed by atoms with Crippen LogP contribution in [0.25, 0.3) is 6.08 Å². The van der Waals surface area contributed by atoms with Crippen LogP contribution in [0.3, 0.4) is 0 Å². The van der Waals surface area contributed by atoms with E-state index in [9.17, 15) is 4.79 Å². The topological polar surface area (TPSA) is 26.3 Å². The van der Waals surface area contributed by atoms with Gasteiger partial charge in [-0.3, -0.25) is 4.79 Å². The molecule has 1 aliphatic heterocycles. The molecule has 3 aromatic carbocycles. The van der Waals surface area contributed by atoms with E-state index in [1.165, 1.54) is 0 Å². The summed E-state index contributed by atoms with van der Waals surface area (Å²) < 4.78 is 6.18. The minimum atomic E-state index is -0.458. The van der Waals surface area contributed by atoms with Crippen LogP contribution >= 0.6 is 11.6 Å². The predicted octanol–water partition coefficient (Wildman–Crippen LogP) is 5.74. The van der Waals surface area contributed by atoms with Crippen LogP contribution in [0, 0.1) is 0 Å². The summed E-state index contributed by atoms with van der Waals surface area (Å²) in [4.78, 5) is 13.1. The SMILES string of the molecule is O=C1/C(=C\c2ccccc2Cl)[C@@H](c2ccccc2)Oc2ccccc21. The van der Waals surface area contributed by atoms with E-state index in [0.29, 0.717) is 21.9 Å². The molecule has 25 heavy (non-hydrogen) atoms. The number of hydrogen-bond acceptors (Lipinski definition) is 2. The molecule has 1 atom stereocenters. The molecule has 4 rings (SSSR count). The van der Waals surface area contributed by atoms with E-state index in [0.717, 1.165) is 11.1 Å². The third-order valence-electron chi connectivity index (χ3n) is 4.24. The normalized spacial score (nSPS) is 17.9. The molecule has 1 heterocycles. The molecular weight excluding hydrogens is 332 g/mol. The first kappa shape index (κ1) is 15.7. The molecule has 0 spiro atoms. The third-order valence-corrected chi connectivity index (χ3v) is 4.58. The lowest BCUT2D eigenvalue weighted by Gasteiger charge is -2.28. The summed E-state index contributed by atoms with van der Waals surface area (Å²) in [7, 11) is 0. The Morgan fingerprint density at radius 3 is 2.32 bits per heavy atom.